The van der Waals surface area contributed by atoms with Crippen LogP contribution in [-0.2, 0) is 19.6 Å². The molecule has 1 amide bonds. The Morgan fingerprint density at radius 1 is 1.17 bits per heavy atom. The Balaban J connectivity index is 1.97. The molecule has 7 nitrogen and oxygen atoms in total. The first-order valence-electron chi connectivity index (χ1n) is 10.2. The lowest BCUT2D eigenvalue weighted by Crippen LogP contribution is -2.42. The van der Waals surface area contributed by atoms with E-state index in [1.54, 1.807) is 0 Å². The number of hydrogen-bond acceptors (Lipinski definition) is 5. The number of carbonyl (C=O) groups is 2. The van der Waals surface area contributed by atoms with E-state index in [1.165, 1.54) is 28.6 Å². The fourth-order valence-corrected chi connectivity index (χ4v) is 5.43. The number of sulfonamides is 1. The van der Waals surface area contributed by atoms with Gasteiger partial charge in [-0.2, -0.15) is 4.31 Å². The van der Waals surface area contributed by atoms with Crippen molar-refractivity contribution < 1.29 is 22.7 Å². The van der Waals surface area contributed by atoms with Gasteiger partial charge in [-0.15, -0.1) is 0 Å². The van der Waals surface area contributed by atoms with Crippen LogP contribution in [0.15, 0.2) is 29.2 Å². The number of ether oxygens (including phenoxy) is 1. The number of hydrogen-bond donors (Lipinski definition) is 1. The second-order valence-electron chi connectivity index (χ2n) is 8.13. The Labute approximate surface area is 173 Å². The van der Waals surface area contributed by atoms with E-state index >= 15 is 0 Å². The van der Waals surface area contributed by atoms with Crippen molar-refractivity contribution in [2.75, 3.05) is 19.7 Å². The van der Waals surface area contributed by atoms with Gasteiger partial charge in [-0.25, -0.2) is 13.2 Å². The van der Waals surface area contributed by atoms with Gasteiger partial charge in [0.05, 0.1) is 10.5 Å². The van der Waals surface area contributed by atoms with E-state index in [2.05, 4.69) is 19.2 Å². The maximum atomic E-state index is 12.9. The van der Waals surface area contributed by atoms with Gasteiger partial charge in [0, 0.05) is 19.1 Å². The molecule has 0 bridgehead atoms. The van der Waals surface area contributed by atoms with E-state index in [4.69, 9.17) is 4.74 Å². The molecule has 8 heteroatoms. The summed E-state index contributed by atoms with van der Waals surface area (Å²) in [5, 5.41) is 2.76. The minimum absolute atomic E-state index is 0.0240. The van der Waals surface area contributed by atoms with Gasteiger partial charge in [-0.05, 0) is 55.9 Å². The van der Waals surface area contributed by atoms with Crippen molar-refractivity contribution in [3.8, 4) is 0 Å². The van der Waals surface area contributed by atoms with Gasteiger partial charge in [-0.1, -0.05) is 27.2 Å². The molecule has 162 valence electrons. The van der Waals surface area contributed by atoms with Crippen LogP contribution >= 0.6 is 0 Å². The molecule has 1 N–H and O–H groups in total. The average Bonchev–Trinajstić information content (AvgIpc) is 2.65. The molecule has 1 saturated heterocycles. The SMILES string of the molecule is CCC[C@H](C)NC(=O)COC(=O)c1ccc(S(=O)(=O)N2C[C@@H](C)C[C@H](C)C2)cc1. The van der Waals surface area contributed by atoms with Gasteiger partial charge in [0.1, 0.15) is 0 Å². The predicted octanol–water partition coefficient (Wildman–Crippen LogP) is 2.81. The zero-order valence-corrected chi connectivity index (χ0v) is 18.5. The first-order valence-corrected chi connectivity index (χ1v) is 11.6. The van der Waals surface area contributed by atoms with Gasteiger partial charge in [-0.3, -0.25) is 4.79 Å². The lowest BCUT2D eigenvalue weighted by molar-refractivity contribution is -0.124. The van der Waals surface area contributed by atoms with Gasteiger partial charge < -0.3 is 10.1 Å². The lowest BCUT2D eigenvalue weighted by Gasteiger charge is -2.34. The normalized spacial score (nSPS) is 21.4. The van der Waals surface area contributed by atoms with E-state index in [-0.39, 0.29) is 29.0 Å². The highest BCUT2D eigenvalue weighted by Gasteiger charge is 2.31. The maximum absolute atomic E-state index is 12.9. The second-order valence-corrected chi connectivity index (χ2v) is 10.1. The summed E-state index contributed by atoms with van der Waals surface area (Å²) in [5.41, 5.74) is 0.207. The van der Waals surface area contributed by atoms with Crippen LogP contribution in [0.5, 0.6) is 0 Å². The topological polar surface area (TPSA) is 92.8 Å². The lowest BCUT2D eigenvalue weighted by atomic mass is 9.94. The molecular formula is C21H32N2O5S. The highest BCUT2D eigenvalue weighted by molar-refractivity contribution is 7.89. The molecule has 0 spiro atoms. The van der Waals surface area contributed by atoms with E-state index in [0.717, 1.165) is 19.3 Å². The minimum Gasteiger partial charge on any atom is -0.452 e. The van der Waals surface area contributed by atoms with Gasteiger partial charge in [0.2, 0.25) is 10.0 Å². The number of nitrogens with one attached hydrogen (secondary N) is 1. The van der Waals surface area contributed by atoms with E-state index in [0.29, 0.717) is 24.9 Å². The standard InChI is InChI=1S/C21H32N2O5S/c1-5-6-17(4)22-20(24)14-28-21(25)18-7-9-19(10-8-18)29(26,27)23-12-15(2)11-16(3)13-23/h7-10,15-17H,5-6,11-14H2,1-4H3,(H,22,24)/t15-,16-,17-/m0/s1. The molecule has 1 aliphatic heterocycles. The number of amides is 1. The summed E-state index contributed by atoms with van der Waals surface area (Å²) in [7, 11) is -3.60. The van der Waals surface area contributed by atoms with Crippen LogP contribution in [0.2, 0.25) is 0 Å². The first kappa shape index (κ1) is 23.3. The Morgan fingerprint density at radius 2 is 1.76 bits per heavy atom. The Bertz CT molecular complexity index is 797. The summed E-state index contributed by atoms with van der Waals surface area (Å²) in [6, 6.07) is 5.70. The number of rotatable bonds is 8. The third kappa shape index (κ3) is 6.54. The Hall–Kier alpha value is -1.93. The molecule has 1 aliphatic rings. The number of nitrogens with zero attached hydrogens (tertiary/aromatic N) is 1. The average molecular weight is 425 g/mol. The van der Waals surface area contributed by atoms with E-state index in [9.17, 15) is 18.0 Å². The number of carbonyl (C=O) groups excluding carboxylic acids is 2. The van der Waals surface area contributed by atoms with Crippen molar-refractivity contribution in [1.29, 1.82) is 0 Å². The van der Waals surface area contributed by atoms with Crippen LogP contribution in [0.3, 0.4) is 0 Å². The van der Waals surface area contributed by atoms with Crippen molar-refractivity contribution in [2.24, 2.45) is 11.8 Å². The molecule has 3 atom stereocenters. The van der Waals surface area contributed by atoms with Gasteiger partial charge in [0.25, 0.3) is 5.91 Å². The van der Waals surface area contributed by atoms with Crippen molar-refractivity contribution in [3.63, 3.8) is 0 Å². The monoisotopic (exact) mass is 424 g/mol. The van der Waals surface area contributed by atoms with E-state index in [1.807, 2.05) is 13.8 Å². The van der Waals surface area contributed by atoms with Crippen molar-refractivity contribution in [2.45, 2.75) is 57.9 Å². The summed E-state index contributed by atoms with van der Waals surface area (Å²) in [5.74, 6) is -0.387. The summed E-state index contributed by atoms with van der Waals surface area (Å²) < 4.78 is 32.3. The first-order chi connectivity index (χ1) is 13.6. The zero-order valence-electron chi connectivity index (χ0n) is 17.7. The van der Waals surface area contributed by atoms with Crippen molar-refractivity contribution >= 4 is 21.9 Å². The number of benzene rings is 1. The quantitative estimate of drug-likeness (QED) is 0.648. The molecular weight excluding hydrogens is 392 g/mol. The number of esters is 1. The molecule has 2 rings (SSSR count). The summed E-state index contributed by atoms with van der Waals surface area (Å²) in [6.45, 7) is 8.67. The third-order valence-electron chi connectivity index (χ3n) is 5.03. The summed E-state index contributed by atoms with van der Waals surface area (Å²) in [4.78, 5) is 24.1. The van der Waals surface area contributed by atoms with Crippen LogP contribution in [-0.4, -0.2) is 50.3 Å². The highest BCUT2D eigenvalue weighted by Crippen LogP contribution is 2.26. The van der Waals surface area contributed by atoms with Crippen molar-refractivity contribution in [1.82, 2.24) is 9.62 Å². The summed E-state index contributed by atoms with van der Waals surface area (Å²) >= 11 is 0. The molecule has 1 fully saturated rings. The van der Waals surface area contributed by atoms with Crippen LogP contribution in [0.4, 0.5) is 0 Å². The minimum atomic E-state index is -3.60. The van der Waals surface area contributed by atoms with Gasteiger partial charge in [0.15, 0.2) is 6.61 Å². The molecule has 1 aromatic rings. The Morgan fingerprint density at radius 3 is 2.31 bits per heavy atom. The number of piperidine rings is 1. The van der Waals surface area contributed by atoms with Crippen molar-refractivity contribution in [3.05, 3.63) is 29.8 Å². The molecule has 29 heavy (non-hydrogen) atoms. The fraction of sp³-hybridized carbons (Fsp3) is 0.619. The Kier molecular flexibility index (Phi) is 8.22. The molecule has 0 aliphatic carbocycles. The van der Waals surface area contributed by atoms with E-state index < -0.39 is 16.0 Å². The molecule has 1 heterocycles. The molecule has 0 radical (unpaired) electrons. The zero-order chi connectivity index (χ0) is 21.6. The third-order valence-corrected chi connectivity index (χ3v) is 6.87. The van der Waals surface area contributed by atoms with Crippen LogP contribution in [0, 0.1) is 11.8 Å². The predicted molar refractivity (Wildman–Crippen MR) is 111 cm³/mol. The molecule has 0 unspecified atom stereocenters. The maximum Gasteiger partial charge on any atom is 0.338 e. The molecule has 1 aromatic carbocycles. The van der Waals surface area contributed by atoms with Crippen LogP contribution < -0.4 is 5.32 Å². The smallest absolute Gasteiger partial charge is 0.338 e. The largest absolute Gasteiger partial charge is 0.452 e. The van der Waals surface area contributed by atoms with Crippen LogP contribution in [0.25, 0.3) is 0 Å². The van der Waals surface area contributed by atoms with Crippen LogP contribution in [0.1, 0.15) is 57.3 Å². The second kappa shape index (κ2) is 10.2. The highest BCUT2D eigenvalue weighted by atomic mass is 32.2. The molecule has 0 aromatic heterocycles. The molecule has 0 saturated carbocycles. The van der Waals surface area contributed by atoms with Gasteiger partial charge >= 0.3 is 5.97 Å². The summed E-state index contributed by atoms with van der Waals surface area (Å²) in [6.07, 6.45) is 2.82. The fourth-order valence-electron chi connectivity index (χ4n) is 3.75.